The summed E-state index contributed by atoms with van der Waals surface area (Å²) in [5, 5.41) is 10.3. The van der Waals surface area contributed by atoms with Crippen LogP contribution in [-0.2, 0) is 12.6 Å². The number of halogens is 3. The van der Waals surface area contributed by atoms with Crippen LogP contribution in [0.3, 0.4) is 0 Å². The number of guanidine groups is 1. The van der Waals surface area contributed by atoms with Crippen LogP contribution < -0.4 is 16.0 Å². The molecule has 0 atom stereocenters. The van der Waals surface area contributed by atoms with Crippen molar-refractivity contribution < 1.29 is 18.0 Å². The Labute approximate surface area is 165 Å². The number of carbonyl (C=O) groups is 1. The van der Waals surface area contributed by atoms with Crippen molar-refractivity contribution in [1.82, 2.24) is 20.9 Å². The highest BCUT2D eigenvalue weighted by atomic mass is 32.1. The number of aliphatic imine (C=N–C) groups is 1. The number of alkyl halides is 3. The third-order valence-electron chi connectivity index (χ3n) is 3.52. The molecule has 0 saturated carbocycles. The Morgan fingerprint density at radius 2 is 1.86 bits per heavy atom. The highest BCUT2D eigenvalue weighted by Gasteiger charge is 2.33. The number of aromatic nitrogens is 1. The van der Waals surface area contributed by atoms with Gasteiger partial charge in [-0.2, -0.15) is 13.2 Å². The number of rotatable bonds is 8. The molecule has 152 valence electrons. The standard InChI is InChI=1S/C18H22F3N5OS/c1-2-22-17(24-9-8-15-26-14(12-28-15)18(19,20)21)25-11-10-23-16(27)13-6-4-3-5-7-13/h3-7,12H,2,8-11H2,1H3,(H,23,27)(H2,22,24,25). The van der Waals surface area contributed by atoms with Gasteiger partial charge in [0.15, 0.2) is 11.7 Å². The van der Waals surface area contributed by atoms with E-state index in [2.05, 4.69) is 25.9 Å². The molecule has 0 radical (unpaired) electrons. The molecule has 10 heteroatoms. The molecule has 0 aliphatic rings. The second-order valence-electron chi connectivity index (χ2n) is 5.68. The number of benzene rings is 1. The summed E-state index contributed by atoms with van der Waals surface area (Å²) >= 11 is 0.975. The first-order chi connectivity index (χ1) is 13.4. The summed E-state index contributed by atoms with van der Waals surface area (Å²) in [7, 11) is 0. The zero-order valence-electron chi connectivity index (χ0n) is 15.3. The smallest absolute Gasteiger partial charge is 0.357 e. The van der Waals surface area contributed by atoms with E-state index in [0.717, 1.165) is 16.7 Å². The predicted octanol–water partition coefficient (Wildman–Crippen LogP) is 2.69. The number of thiazole rings is 1. The van der Waals surface area contributed by atoms with Crippen molar-refractivity contribution in [3.63, 3.8) is 0 Å². The highest BCUT2D eigenvalue weighted by Crippen LogP contribution is 2.30. The summed E-state index contributed by atoms with van der Waals surface area (Å²) in [6.07, 6.45) is -4.10. The van der Waals surface area contributed by atoms with Crippen LogP contribution in [0, 0.1) is 0 Å². The first-order valence-corrected chi connectivity index (χ1v) is 9.65. The van der Waals surface area contributed by atoms with Gasteiger partial charge < -0.3 is 16.0 Å². The van der Waals surface area contributed by atoms with Crippen LogP contribution in [0.2, 0.25) is 0 Å². The van der Waals surface area contributed by atoms with Crippen molar-refractivity contribution in [1.29, 1.82) is 0 Å². The molecule has 0 saturated heterocycles. The van der Waals surface area contributed by atoms with Crippen molar-refractivity contribution in [2.45, 2.75) is 19.5 Å². The minimum atomic E-state index is -4.42. The summed E-state index contributed by atoms with van der Waals surface area (Å²) < 4.78 is 37.7. The maximum absolute atomic E-state index is 12.6. The lowest BCUT2D eigenvalue weighted by molar-refractivity contribution is -0.140. The van der Waals surface area contributed by atoms with Crippen LogP contribution in [-0.4, -0.2) is 43.0 Å². The molecule has 1 aromatic heterocycles. The van der Waals surface area contributed by atoms with Crippen LogP contribution in [0.25, 0.3) is 0 Å². The average molecular weight is 413 g/mol. The Bertz CT molecular complexity index is 777. The Hall–Kier alpha value is -2.62. The third kappa shape index (κ3) is 7.18. The van der Waals surface area contributed by atoms with Gasteiger partial charge in [0.25, 0.3) is 5.91 Å². The summed E-state index contributed by atoms with van der Waals surface area (Å²) in [5.41, 5.74) is -0.277. The van der Waals surface area contributed by atoms with Crippen molar-refractivity contribution in [2.24, 2.45) is 4.99 Å². The van der Waals surface area contributed by atoms with Gasteiger partial charge in [0.1, 0.15) is 0 Å². The molecule has 0 bridgehead atoms. The van der Waals surface area contributed by atoms with E-state index in [9.17, 15) is 18.0 Å². The van der Waals surface area contributed by atoms with Gasteiger partial charge in [-0.3, -0.25) is 9.79 Å². The van der Waals surface area contributed by atoms with Gasteiger partial charge in [0.2, 0.25) is 0 Å². The first-order valence-electron chi connectivity index (χ1n) is 8.77. The van der Waals surface area contributed by atoms with E-state index in [4.69, 9.17) is 0 Å². The van der Waals surface area contributed by atoms with Gasteiger partial charge in [0.05, 0.1) is 5.01 Å². The number of hydrogen-bond acceptors (Lipinski definition) is 4. The molecule has 28 heavy (non-hydrogen) atoms. The zero-order valence-corrected chi connectivity index (χ0v) is 16.2. The van der Waals surface area contributed by atoms with E-state index < -0.39 is 11.9 Å². The molecule has 1 aromatic carbocycles. The number of nitrogens with one attached hydrogen (secondary N) is 3. The quantitative estimate of drug-likeness (QED) is 0.353. The van der Waals surface area contributed by atoms with Gasteiger partial charge in [-0.15, -0.1) is 11.3 Å². The Kier molecular flexibility index (Phi) is 8.24. The van der Waals surface area contributed by atoms with Crippen molar-refractivity contribution in [2.75, 3.05) is 26.2 Å². The van der Waals surface area contributed by atoms with Crippen molar-refractivity contribution >= 4 is 23.2 Å². The van der Waals surface area contributed by atoms with Crippen LogP contribution >= 0.6 is 11.3 Å². The van der Waals surface area contributed by atoms with E-state index >= 15 is 0 Å². The Balaban J connectivity index is 1.75. The van der Waals surface area contributed by atoms with Crippen LogP contribution in [0.15, 0.2) is 40.7 Å². The Morgan fingerprint density at radius 3 is 2.50 bits per heavy atom. The highest BCUT2D eigenvalue weighted by molar-refractivity contribution is 7.09. The van der Waals surface area contributed by atoms with Gasteiger partial charge in [-0.05, 0) is 19.1 Å². The maximum Gasteiger partial charge on any atom is 0.434 e. The normalized spacial score (nSPS) is 11.9. The molecule has 2 aromatic rings. The lowest BCUT2D eigenvalue weighted by atomic mass is 10.2. The molecule has 3 N–H and O–H groups in total. The molecule has 2 rings (SSSR count). The molecule has 0 aliphatic carbocycles. The maximum atomic E-state index is 12.6. The predicted molar refractivity (Wildman–Crippen MR) is 104 cm³/mol. The SMILES string of the molecule is CCNC(=NCCc1nc(C(F)(F)F)cs1)NCCNC(=O)c1ccccc1. The number of nitrogens with zero attached hydrogens (tertiary/aromatic N) is 2. The number of hydrogen-bond donors (Lipinski definition) is 3. The monoisotopic (exact) mass is 413 g/mol. The second-order valence-corrected chi connectivity index (χ2v) is 6.63. The number of amides is 1. The van der Waals surface area contributed by atoms with Crippen molar-refractivity contribution in [3.05, 3.63) is 52.0 Å². The van der Waals surface area contributed by atoms with Gasteiger partial charge in [-0.25, -0.2) is 4.98 Å². The van der Waals surface area contributed by atoms with Gasteiger partial charge in [-0.1, -0.05) is 18.2 Å². The van der Waals surface area contributed by atoms with E-state index in [0.29, 0.717) is 49.1 Å². The van der Waals surface area contributed by atoms with E-state index in [1.165, 1.54) is 0 Å². The molecule has 0 spiro atoms. The lowest BCUT2D eigenvalue weighted by Crippen LogP contribution is -2.41. The van der Waals surface area contributed by atoms with Gasteiger partial charge in [0, 0.05) is 43.5 Å². The fraction of sp³-hybridized carbons (Fsp3) is 0.389. The minimum Gasteiger partial charge on any atom is -0.357 e. The molecule has 0 aliphatic heterocycles. The molecular weight excluding hydrogens is 391 g/mol. The fourth-order valence-corrected chi connectivity index (χ4v) is 3.00. The summed E-state index contributed by atoms with van der Waals surface area (Å²) in [5.74, 6) is 0.373. The molecule has 0 unspecified atom stereocenters. The molecular formula is C18H22F3N5OS. The van der Waals surface area contributed by atoms with E-state index in [-0.39, 0.29) is 5.91 Å². The van der Waals surface area contributed by atoms with E-state index in [1.54, 1.807) is 24.3 Å². The van der Waals surface area contributed by atoms with Crippen molar-refractivity contribution in [3.8, 4) is 0 Å². The first kappa shape index (κ1) is 21.7. The Morgan fingerprint density at radius 1 is 1.14 bits per heavy atom. The zero-order chi connectivity index (χ0) is 20.4. The molecule has 1 heterocycles. The number of carbonyl (C=O) groups excluding carboxylic acids is 1. The fourth-order valence-electron chi connectivity index (χ4n) is 2.21. The molecule has 1 amide bonds. The van der Waals surface area contributed by atoms with Crippen LogP contribution in [0.1, 0.15) is 28.0 Å². The average Bonchev–Trinajstić information content (AvgIpc) is 3.15. The summed E-state index contributed by atoms with van der Waals surface area (Å²) in [6, 6.07) is 8.90. The molecule has 6 nitrogen and oxygen atoms in total. The minimum absolute atomic E-state index is 0.159. The van der Waals surface area contributed by atoms with Crippen LogP contribution in [0.5, 0.6) is 0 Å². The second kappa shape index (κ2) is 10.6. The summed E-state index contributed by atoms with van der Waals surface area (Å²) in [6.45, 7) is 3.71. The third-order valence-corrected chi connectivity index (χ3v) is 4.43. The van der Waals surface area contributed by atoms with Crippen LogP contribution in [0.4, 0.5) is 13.2 Å². The van der Waals surface area contributed by atoms with Gasteiger partial charge >= 0.3 is 6.18 Å². The summed E-state index contributed by atoms with van der Waals surface area (Å²) in [4.78, 5) is 19.9. The lowest BCUT2D eigenvalue weighted by Gasteiger charge is -2.11. The van der Waals surface area contributed by atoms with E-state index in [1.807, 2.05) is 13.0 Å². The largest absolute Gasteiger partial charge is 0.434 e. The molecule has 0 fully saturated rings. The topological polar surface area (TPSA) is 78.4 Å².